The molecule has 0 aromatic heterocycles. The Labute approximate surface area is 85.8 Å². The van der Waals surface area contributed by atoms with Crippen molar-refractivity contribution in [1.82, 2.24) is 5.32 Å². The molecule has 0 spiro atoms. The monoisotopic (exact) mass is 187 g/mol. The first-order valence-electron chi connectivity index (χ1n) is 5.25. The van der Waals surface area contributed by atoms with E-state index in [0.717, 1.165) is 6.54 Å². The summed E-state index contributed by atoms with van der Waals surface area (Å²) in [7, 11) is 2.01. The molecule has 14 heavy (non-hydrogen) atoms. The molecule has 1 heteroatoms. The van der Waals surface area contributed by atoms with Crippen LogP contribution in [0.4, 0.5) is 0 Å². The summed E-state index contributed by atoms with van der Waals surface area (Å²) in [6.07, 6.45) is 4.75. The molecule has 1 nitrogen and oxygen atoms in total. The highest BCUT2D eigenvalue weighted by Crippen LogP contribution is 2.28. The number of hydrogen-bond donors (Lipinski definition) is 1. The molecule has 0 saturated carbocycles. The van der Waals surface area contributed by atoms with Crippen molar-refractivity contribution in [3.63, 3.8) is 0 Å². The van der Waals surface area contributed by atoms with Crippen LogP contribution in [0.25, 0.3) is 5.57 Å². The van der Waals surface area contributed by atoms with Crippen LogP contribution in [0.15, 0.2) is 24.3 Å². The minimum atomic E-state index is 0.984. The zero-order valence-corrected chi connectivity index (χ0v) is 8.93. The van der Waals surface area contributed by atoms with E-state index >= 15 is 0 Å². The first-order chi connectivity index (χ1) is 6.83. The van der Waals surface area contributed by atoms with E-state index in [1.807, 2.05) is 7.05 Å². The number of allylic oxidation sites excluding steroid dienone is 1. The highest BCUT2D eigenvalue weighted by atomic mass is 14.8. The molecule has 0 amide bonds. The van der Waals surface area contributed by atoms with Crippen LogP contribution >= 0.6 is 0 Å². The van der Waals surface area contributed by atoms with E-state index in [2.05, 4.69) is 36.5 Å². The van der Waals surface area contributed by atoms with Crippen LogP contribution in [0, 0.1) is 6.92 Å². The molecular formula is C13H17N. The van der Waals surface area contributed by atoms with Gasteiger partial charge in [0.15, 0.2) is 0 Å². The third-order valence-electron chi connectivity index (χ3n) is 2.85. The maximum atomic E-state index is 3.24. The Hall–Kier alpha value is -1.08. The van der Waals surface area contributed by atoms with Crippen LogP contribution in [0.5, 0.6) is 0 Å². The summed E-state index contributed by atoms with van der Waals surface area (Å²) in [5, 5.41) is 3.24. The summed E-state index contributed by atoms with van der Waals surface area (Å²) in [6.45, 7) is 3.19. The molecule has 1 aliphatic carbocycles. The van der Waals surface area contributed by atoms with Crippen LogP contribution < -0.4 is 5.32 Å². The Morgan fingerprint density at radius 1 is 1.36 bits per heavy atom. The number of rotatable bonds is 2. The van der Waals surface area contributed by atoms with E-state index in [-0.39, 0.29) is 0 Å². The molecule has 0 unspecified atom stereocenters. The third-order valence-corrected chi connectivity index (χ3v) is 2.85. The number of benzene rings is 1. The van der Waals surface area contributed by atoms with Gasteiger partial charge in [-0.05, 0) is 49.1 Å². The topological polar surface area (TPSA) is 12.0 Å². The molecule has 1 N–H and O–H groups in total. The van der Waals surface area contributed by atoms with Gasteiger partial charge >= 0.3 is 0 Å². The smallest absolute Gasteiger partial charge is 0.0205 e. The lowest BCUT2D eigenvalue weighted by Gasteiger charge is -2.19. The van der Waals surface area contributed by atoms with Gasteiger partial charge in [0.25, 0.3) is 0 Å². The van der Waals surface area contributed by atoms with E-state index in [0.29, 0.717) is 0 Å². The largest absolute Gasteiger partial charge is 0.316 e. The molecule has 2 rings (SSSR count). The zero-order valence-electron chi connectivity index (χ0n) is 8.93. The van der Waals surface area contributed by atoms with Crippen molar-refractivity contribution in [3.8, 4) is 0 Å². The minimum Gasteiger partial charge on any atom is -0.316 e. The van der Waals surface area contributed by atoms with E-state index in [1.165, 1.54) is 35.1 Å². The number of aryl methyl sites for hydroxylation is 2. The summed E-state index contributed by atoms with van der Waals surface area (Å²) in [5.41, 5.74) is 5.86. The maximum absolute atomic E-state index is 3.24. The minimum absolute atomic E-state index is 0.984. The SMILES string of the molecule is CNCC1=CCCc2cccc(C)c21. The summed E-state index contributed by atoms with van der Waals surface area (Å²) >= 11 is 0. The highest BCUT2D eigenvalue weighted by molar-refractivity contribution is 5.73. The molecule has 0 bridgehead atoms. The number of fused-ring (bicyclic) bond motifs is 1. The van der Waals surface area contributed by atoms with Gasteiger partial charge < -0.3 is 5.32 Å². The van der Waals surface area contributed by atoms with Gasteiger partial charge in [0.05, 0.1) is 0 Å². The molecule has 0 aliphatic heterocycles. The number of hydrogen-bond acceptors (Lipinski definition) is 1. The van der Waals surface area contributed by atoms with Crippen molar-refractivity contribution in [2.45, 2.75) is 19.8 Å². The van der Waals surface area contributed by atoms with Crippen LogP contribution in [-0.2, 0) is 6.42 Å². The van der Waals surface area contributed by atoms with E-state index in [9.17, 15) is 0 Å². The van der Waals surface area contributed by atoms with Gasteiger partial charge in [-0.2, -0.15) is 0 Å². The summed E-state index contributed by atoms with van der Waals surface area (Å²) in [5.74, 6) is 0. The van der Waals surface area contributed by atoms with Gasteiger partial charge in [-0.15, -0.1) is 0 Å². The highest BCUT2D eigenvalue weighted by Gasteiger charge is 2.13. The Bertz CT molecular complexity index is 363. The van der Waals surface area contributed by atoms with Gasteiger partial charge in [0.1, 0.15) is 0 Å². The number of nitrogens with one attached hydrogen (secondary N) is 1. The van der Waals surface area contributed by atoms with E-state index < -0.39 is 0 Å². The fraction of sp³-hybridized carbons (Fsp3) is 0.385. The lowest BCUT2D eigenvalue weighted by atomic mass is 9.88. The van der Waals surface area contributed by atoms with Crippen LogP contribution in [0.2, 0.25) is 0 Å². The Kier molecular flexibility index (Phi) is 2.69. The molecule has 1 aromatic carbocycles. The van der Waals surface area contributed by atoms with Gasteiger partial charge in [-0.1, -0.05) is 24.3 Å². The van der Waals surface area contributed by atoms with Gasteiger partial charge in [-0.25, -0.2) is 0 Å². The molecular weight excluding hydrogens is 170 g/mol. The first kappa shape index (κ1) is 9.47. The van der Waals surface area contributed by atoms with Crippen molar-refractivity contribution >= 4 is 5.57 Å². The fourth-order valence-corrected chi connectivity index (χ4v) is 2.25. The van der Waals surface area contributed by atoms with Crippen molar-refractivity contribution in [1.29, 1.82) is 0 Å². The molecule has 0 radical (unpaired) electrons. The second-order valence-corrected chi connectivity index (χ2v) is 3.91. The average molecular weight is 187 g/mol. The van der Waals surface area contributed by atoms with E-state index in [1.54, 1.807) is 0 Å². The van der Waals surface area contributed by atoms with Crippen LogP contribution in [0.1, 0.15) is 23.1 Å². The molecule has 74 valence electrons. The normalized spacial score (nSPS) is 14.9. The molecule has 0 saturated heterocycles. The lowest BCUT2D eigenvalue weighted by molar-refractivity contribution is 0.898. The first-order valence-corrected chi connectivity index (χ1v) is 5.25. The van der Waals surface area contributed by atoms with Crippen molar-refractivity contribution < 1.29 is 0 Å². The Balaban J connectivity index is 2.45. The number of likely N-dealkylation sites (N-methyl/N-ethyl adjacent to an activating group) is 1. The summed E-state index contributed by atoms with van der Waals surface area (Å²) in [4.78, 5) is 0. The molecule has 0 atom stereocenters. The van der Waals surface area contributed by atoms with Crippen molar-refractivity contribution in [2.24, 2.45) is 0 Å². The standard InChI is InChI=1S/C13H17N/c1-10-5-3-6-11-7-4-8-12(9-14-2)13(10)11/h3,5-6,8,14H,4,7,9H2,1-2H3. The van der Waals surface area contributed by atoms with Crippen LogP contribution in [-0.4, -0.2) is 13.6 Å². The van der Waals surface area contributed by atoms with Gasteiger partial charge in [0, 0.05) is 6.54 Å². The fourth-order valence-electron chi connectivity index (χ4n) is 2.25. The van der Waals surface area contributed by atoms with Gasteiger partial charge in [-0.3, -0.25) is 0 Å². The Morgan fingerprint density at radius 3 is 3.00 bits per heavy atom. The lowest BCUT2D eigenvalue weighted by Crippen LogP contribution is -2.14. The quantitative estimate of drug-likeness (QED) is 0.750. The molecule has 1 aliphatic rings. The maximum Gasteiger partial charge on any atom is 0.0205 e. The van der Waals surface area contributed by atoms with Crippen molar-refractivity contribution in [3.05, 3.63) is 41.0 Å². The second kappa shape index (κ2) is 3.97. The third kappa shape index (κ3) is 1.60. The van der Waals surface area contributed by atoms with Crippen molar-refractivity contribution in [2.75, 3.05) is 13.6 Å². The molecule has 0 heterocycles. The summed E-state index contributed by atoms with van der Waals surface area (Å²) < 4.78 is 0. The second-order valence-electron chi connectivity index (χ2n) is 3.91. The molecule has 0 fully saturated rings. The average Bonchev–Trinajstić information content (AvgIpc) is 2.19. The van der Waals surface area contributed by atoms with Gasteiger partial charge in [0.2, 0.25) is 0 Å². The van der Waals surface area contributed by atoms with E-state index in [4.69, 9.17) is 0 Å². The molecule has 1 aromatic rings. The predicted molar refractivity (Wildman–Crippen MR) is 61.4 cm³/mol. The Morgan fingerprint density at radius 2 is 2.21 bits per heavy atom. The summed E-state index contributed by atoms with van der Waals surface area (Å²) in [6, 6.07) is 6.62. The predicted octanol–water partition coefficient (Wildman–Crippen LogP) is 2.54. The zero-order chi connectivity index (χ0) is 9.97. The van der Waals surface area contributed by atoms with Crippen LogP contribution in [0.3, 0.4) is 0 Å².